The average Bonchev–Trinajstić information content (AvgIpc) is 2.98. The van der Waals surface area contributed by atoms with Crippen LogP contribution in [0.4, 0.5) is 0 Å². The van der Waals surface area contributed by atoms with Crippen molar-refractivity contribution in [2.45, 2.75) is 186 Å². The van der Waals surface area contributed by atoms with E-state index >= 15 is 0 Å². The molecule has 0 aliphatic rings. The largest absolute Gasteiger partial charge is 1.00 e. The molecule has 0 heterocycles. The molecule has 2 aromatic carbocycles. The number of hydrogen-bond donors (Lipinski definition) is 0. The first-order valence-electron chi connectivity index (χ1n) is 18.0. The minimum atomic E-state index is -4.46. The summed E-state index contributed by atoms with van der Waals surface area (Å²) in [5, 5.41) is 2.00. The molecule has 2 rings (SSSR count). The molecule has 240 valence electrons. The van der Waals surface area contributed by atoms with Crippen LogP contribution in [0, 0.1) is 0 Å². The first-order valence-corrected chi connectivity index (χ1v) is 19.4. The van der Waals surface area contributed by atoms with Gasteiger partial charge in [-0.25, -0.2) is 8.42 Å². The van der Waals surface area contributed by atoms with Crippen molar-refractivity contribution in [1.29, 1.82) is 0 Å². The van der Waals surface area contributed by atoms with Crippen molar-refractivity contribution in [1.82, 2.24) is 0 Å². The average molecular weight is 623 g/mol. The van der Waals surface area contributed by atoms with Crippen molar-refractivity contribution < 1.29 is 42.5 Å². The van der Waals surface area contributed by atoms with Crippen molar-refractivity contribution in [2.75, 3.05) is 0 Å². The third kappa shape index (κ3) is 18.4. The van der Waals surface area contributed by atoms with Gasteiger partial charge in [0.15, 0.2) is 0 Å². The molecular weight excluding hydrogens is 559 g/mol. The van der Waals surface area contributed by atoms with Crippen LogP contribution in [0.2, 0.25) is 0 Å². The van der Waals surface area contributed by atoms with Crippen LogP contribution in [-0.2, 0) is 23.0 Å². The number of aryl methyl sites for hydroxylation is 2. The van der Waals surface area contributed by atoms with Gasteiger partial charge in [-0.3, -0.25) is 0 Å². The molecule has 0 aromatic heterocycles. The zero-order valence-corrected chi connectivity index (χ0v) is 31.2. The minimum Gasteiger partial charge on any atom is -0.744 e. The number of unbranched alkanes of at least 4 members (excludes halogenated alkanes) is 22. The van der Waals surface area contributed by atoms with E-state index in [1.807, 2.05) is 0 Å². The topological polar surface area (TPSA) is 57.2 Å². The van der Waals surface area contributed by atoms with Gasteiger partial charge < -0.3 is 4.55 Å². The second-order valence-corrected chi connectivity index (χ2v) is 14.2. The molecule has 0 saturated heterocycles. The Morgan fingerprint density at radius 3 is 1.30 bits per heavy atom. The Hall–Kier alpha value is -0.390. The molecule has 2 aromatic rings. The number of fused-ring (bicyclic) bond motifs is 1. The zero-order chi connectivity index (χ0) is 30.3. The van der Waals surface area contributed by atoms with Gasteiger partial charge in [0.2, 0.25) is 0 Å². The summed E-state index contributed by atoms with van der Waals surface area (Å²) in [6.45, 7) is 4.55. The second-order valence-electron chi connectivity index (χ2n) is 12.8. The van der Waals surface area contributed by atoms with Gasteiger partial charge in [-0.1, -0.05) is 173 Å². The molecule has 0 fully saturated rings. The Balaban J connectivity index is 0.00000924. The van der Waals surface area contributed by atoms with Crippen molar-refractivity contribution in [3.63, 3.8) is 0 Å². The van der Waals surface area contributed by atoms with Gasteiger partial charge >= 0.3 is 29.6 Å². The van der Waals surface area contributed by atoms with E-state index < -0.39 is 10.1 Å². The van der Waals surface area contributed by atoms with E-state index in [2.05, 4.69) is 26.0 Å². The summed E-state index contributed by atoms with van der Waals surface area (Å²) in [6, 6.07) is 9.27. The SMILES string of the molecule is CCCCCCCCCCCCCCc1ccc2ccc(S(=O)(=O)[O-])cc2c1CCCCCCCCCCCCCC.[Na+]. The number of hydrogen-bond acceptors (Lipinski definition) is 3. The maximum atomic E-state index is 11.8. The number of benzene rings is 2. The van der Waals surface area contributed by atoms with E-state index in [4.69, 9.17) is 0 Å². The molecular formula is C38H63NaO3S. The van der Waals surface area contributed by atoms with Crippen molar-refractivity contribution in [3.8, 4) is 0 Å². The Bertz CT molecular complexity index is 1070. The van der Waals surface area contributed by atoms with Crippen molar-refractivity contribution in [3.05, 3.63) is 41.5 Å². The van der Waals surface area contributed by atoms with Crippen LogP contribution < -0.4 is 29.6 Å². The molecule has 0 atom stereocenters. The van der Waals surface area contributed by atoms with Crippen molar-refractivity contribution in [2.24, 2.45) is 0 Å². The summed E-state index contributed by atoms with van der Waals surface area (Å²) in [5.41, 5.74) is 2.62. The molecule has 0 saturated carbocycles. The molecule has 3 nitrogen and oxygen atoms in total. The Morgan fingerprint density at radius 1 is 0.512 bits per heavy atom. The van der Waals surface area contributed by atoms with E-state index in [-0.39, 0.29) is 34.5 Å². The fourth-order valence-electron chi connectivity index (χ4n) is 6.39. The van der Waals surface area contributed by atoms with Gasteiger partial charge in [-0.15, -0.1) is 0 Å². The molecule has 0 N–H and O–H groups in total. The zero-order valence-electron chi connectivity index (χ0n) is 28.4. The quantitative estimate of drug-likeness (QED) is 0.0567. The van der Waals surface area contributed by atoms with Crippen LogP contribution in [-0.4, -0.2) is 13.0 Å². The summed E-state index contributed by atoms with van der Waals surface area (Å²) >= 11 is 0. The Labute approximate surface area is 288 Å². The van der Waals surface area contributed by atoms with Gasteiger partial charge in [0.25, 0.3) is 0 Å². The molecule has 5 heteroatoms. The van der Waals surface area contributed by atoms with E-state index in [0.717, 1.165) is 30.0 Å². The summed E-state index contributed by atoms with van der Waals surface area (Å²) < 4.78 is 35.4. The molecule has 43 heavy (non-hydrogen) atoms. The summed E-state index contributed by atoms with van der Waals surface area (Å²) in [6.07, 6.45) is 34.0. The fraction of sp³-hybridized carbons (Fsp3) is 0.737. The maximum absolute atomic E-state index is 11.8. The standard InChI is InChI=1S/C38H64O3S.Na/c1-3-5-7-9-11-13-15-17-19-21-23-25-27-34-29-30-35-31-32-36(42(39,40)41)33-38(35)37(34)28-26-24-22-20-18-16-14-12-10-8-6-4-2;/h29-33H,3-28H2,1-2H3,(H,39,40,41);/q;+1/p-1. The predicted octanol–water partition coefficient (Wildman–Crippen LogP) is 9.24. The summed E-state index contributed by atoms with van der Waals surface area (Å²) in [5.74, 6) is 0. The number of rotatable bonds is 27. The van der Waals surface area contributed by atoms with E-state index in [9.17, 15) is 13.0 Å². The molecule has 0 amide bonds. The van der Waals surface area contributed by atoms with Gasteiger partial charge in [-0.05, 0) is 59.7 Å². The van der Waals surface area contributed by atoms with Crippen LogP contribution in [0.1, 0.15) is 179 Å². The molecule has 0 unspecified atom stereocenters. The Kier molecular flexibility index (Phi) is 24.3. The van der Waals surface area contributed by atoms with Crippen LogP contribution >= 0.6 is 0 Å². The van der Waals surface area contributed by atoms with Crippen LogP contribution in [0.25, 0.3) is 10.8 Å². The third-order valence-electron chi connectivity index (χ3n) is 9.07. The summed E-state index contributed by atoms with van der Waals surface area (Å²) in [7, 11) is -4.46. The first kappa shape index (κ1) is 40.6. The normalized spacial score (nSPS) is 11.7. The Morgan fingerprint density at radius 2 is 0.884 bits per heavy atom. The second kappa shape index (κ2) is 25.8. The summed E-state index contributed by atoms with van der Waals surface area (Å²) in [4.78, 5) is -0.103. The molecule has 0 bridgehead atoms. The maximum Gasteiger partial charge on any atom is 1.00 e. The molecule has 0 spiro atoms. The van der Waals surface area contributed by atoms with Crippen LogP contribution in [0.3, 0.4) is 0 Å². The minimum absolute atomic E-state index is 0. The van der Waals surface area contributed by atoms with Gasteiger partial charge in [-0.2, -0.15) is 0 Å². The predicted molar refractivity (Wildman–Crippen MR) is 181 cm³/mol. The van der Waals surface area contributed by atoms with E-state index in [1.54, 1.807) is 12.1 Å². The van der Waals surface area contributed by atoms with Gasteiger partial charge in [0.1, 0.15) is 10.1 Å². The smallest absolute Gasteiger partial charge is 0.744 e. The van der Waals surface area contributed by atoms with Crippen molar-refractivity contribution >= 4 is 20.9 Å². The molecule has 0 aliphatic carbocycles. The fourth-order valence-corrected chi connectivity index (χ4v) is 6.89. The van der Waals surface area contributed by atoms with E-state index in [1.165, 1.54) is 165 Å². The van der Waals surface area contributed by atoms with Crippen LogP contribution in [0.15, 0.2) is 35.2 Å². The van der Waals surface area contributed by atoms with Gasteiger partial charge in [0.05, 0.1) is 4.90 Å². The van der Waals surface area contributed by atoms with Crippen LogP contribution in [0.5, 0.6) is 0 Å². The monoisotopic (exact) mass is 622 g/mol. The molecule has 0 radical (unpaired) electrons. The van der Waals surface area contributed by atoms with E-state index in [0.29, 0.717) is 0 Å². The molecule has 0 aliphatic heterocycles. The van der Waals surface area contributed by atoms with Gasteiger partial charge in [0, 0.05) is 0 Å². The third-order valence-corrected chi connectivity index (χ3v) is 9.90. The first-order chi connectivity index (χ1) is 20.5.